The Hall–Kier alpha value is -1.21. The van der Waals surface area contributed by atoms with Crippen LogP contribution >= 0.6 is 27.3 Å². The molecular formula is C16H19BrN2O3S. The van der Waals surface area contributed by atoms with Crippen LogP contribution < -0.4 is 5.32 Å². The van der Waals surface area contributed by atoms with Crippen molar-refractivity contribution in [2.24, 2.45) is 10.9 Å². The van der Waals surface area contributed by atoms with Crippen LogP contribution in [0, 0.1) is 5.92 Å². The highest BCUT2D eigenvalue weighted by atomic mass is 79.9. The van der Waals surface area contributed by atoms with Gasteiger partial charge in [-0.2, -0.15) is 0 Å². The summed E-state index contributed by atoms with van der Waals surface area (Å²) in [6, 6.07) is 3.02. The molecule has 1 aliphatic carbocycles. The van der Waals surface area contributed by atoms with Crippen LogP contribution in [-0.2, 0) is 9.53 Å². The molecule has 124 valence electrons. The first-order valence-electron chi connectivity index (χ1n) is 7.86. The Kier molecular flexibility index (Phi) is 5.16. The maximum Gasteiger partial charge on any atom is 0.341 e. The molecule has 3 rings (SSSR count). The average molecular weight is 399 g/mol. The van der Waals surface area contributed by atoms with E-state index in [1.807, 2.05) is 12.1 Å². The molecule has 0 saturated heterocycles. The number of hydrogen-bond donors (Lipinski definition) is 1. The van der Waals surface area contributed by atoms with Gasteiger partial charge in [0.15, 0.2) is 0 Å². The van der Waals surface area contributed by atoms with Crippen LogP contribution in [0.15, 0.2) is 20.9 Å². The number of nitrogens with one attached hydrogen (secondary N) is 1. The predicted octanol–water partition coefficient (Wildman–Crippen LogP) is 4.23. The zero-order valence-electron chi connectivity index (χ0n) is 12.9. The predicted molar refractivity (Wildman–Crippen MR) is 92.9 cm³/mol. The van der Waals surface area contributed by atoms with Crippen LogP contribution in [0.4, 0.5) is 4.79 Å². The second-order valence-electron chi connectivity index (χ2n) is 6.00. The number of nitrogens with zero attached hydrogens (tertiary/aromatic N) is 1. The van der Waals surface area contributed by atoms with E-state index in [4.69, 9.17) is 4.74 Å². The lowest BCUT2D eigenvalue weighted by Crippen LogP contribution is -2.44. The Morgan fingerprint density at radius 3 is 2.74 bits per heavy atom. The van der Waals surface area contributed by atoms with Crippen molar-refractivity contribution in [3.63, 3.8) is 0 Å². The summed E-state index contributed by atoms with van der Waals surface area (Å²) in [5.74, 6) is -0.840. The number of hydrogen-bond acceptors (Lipinski definition) is 4. The van der Waals surface area contributed by atoms with Gasteiger partial charge in [0.1, 0.15) is 12.0 Å². The van der Waals surface area contributed by atoms with E-state index in [-0.39, 0.29) is 12.1 Å². The van der Waals surface area contributed by atoms with E-state index in [0.717, 1.165) is 34.3 Å². The Bertz CT molecular complexity index is 637. The first kappa shape index (κ1) is 16.6. The highest BCUT2D eigenvalue weighted by Gasteiger charge is 2.39. The number of thiophene rings is 1. The molecular weight excluding hydrogens is 380 g/mol. The molecule has 0 spiro atoms. The van der Waals surface area contributed by atoms with E-state index in [1.165, 1.54) is 17.8 Å². The first-order chi connectivity index (χ1) is 11.0. The minimum Gasteiger partial charge on any atom is -0.462 e. The average Bonchev–Trinajstić information content (AvgIpc) is 2.93. The van der Waals surface area contributed by atoms with Crippen LogP contribution in [0.5, 0.6) is 0 Å². The van der Waals surface area contributed by atoms with E-state index in [2.05, 4.69) is 26.2 Å². The zero-order chi connectivity index (χ0) is 16.4. The highest BCUT2D eigenvalue weighted by Crippen LogP contribution is 2.35. The Balaban J connectivity index is 1.81. The summed E-state index contributed by atoms with van der Waals surface area (Å²) >= 11 is 4.93. The van der Waals surface area contributed by atoms with Gasteiger partial charge in [-0.1, -0.05) is 6.42 Å². The fourth-order valence-corrected chi connectivity index (χ4v) is 4.69. The van der Waals surface area contributed by atoms with Gasteiger partial charge < -0.3 is 10.1 Å². The Labute approximate surface area is 147 Å². The number of rotatable bonds is 3. The number of ether oxygens (including phenoxy) is 1. The van der Waals surface area contributed by atoms with E-state index < -0.39 is 18.0 Å². The molecule has 1 saturated carbocycles. The first-order valence-corrected chi connectivity index (χ1v) is 9.47. The van der Waals surface area contributed by atoms with Gasteiger partial charge in [0, 0.05) is 10.6 Å². The lowest BCUT2D eigenvalue weighted by molar-refractivity contribution is -0.153. The van der Waals surface area contributed by atoms with Crippen molar-refractivity contribution < 1.29 is 14.3 Å². The molecule has 2 atom stereocenters. The molecule has 0 bridgehead atoms. The number of amides is 2. The molecule has 23 heavy (non-hydrogen) atoms. The second-order valence-corrected chi connectivity index (χ2v) is 8.49. The molecule has 1 aliphatic heterocycles. The molecule has 7 heteroatoms. The van der Waals surface area contributed by atoms with Gasteiger partial charge in [0.25, 0.3) is 0 Å². The van der Waals surface area contributed by atoms with Crippen molar-refractivity contribution in [3.05, 3.63) is 20.8 Å². The maximum absolute atomic E-state index is 12.7. The molecule has 0 radical (unpaired) electrons. The SMILES string of the molecule is CC1=NC(=O)NC(c2ccc(Br)s2)C1C(=O)OC1CCCCC1. The summed E-state index contributed by atoms with van der Waals surface area (Å²) < 4.78 is 6.68. The molecule has 2 heterocycles. The minimum atomic E-state index is -0.555. The lowest BCUT2D eigenvalue weighted by Gasteiger charge is -2.31. The van der Waals surface area contributed by atoms with E-state index >= 15 is 0 Å². The molecule has 0 aromatic carbocycles. The van der Waals surface area contributed by atoms with Crippen LogP contribution in [-0.4, -0.2) is 23.8 Å². The zero-order valence-corrected chi connectivity index (χ0v) is 15.3. The fourth-order valence-electron chi connectivity index (χ4n) is 3.18. The second kappa shape index (κ2) is 7.13. The summed E-state index contributed by atoms with van der Waals surface area (Å²) in [6.07, 6.45) is 5.27. The van der Waals surface area contributed by atoms with Crippen molar-refractivity contribution >= 4 is 45.0 Å². The third kappa shape index (κ3) is 3.83. The smallest absolute Gasteiger partial charge is 0.341 e. The molecule has 1 aromatic rings. The quantitative estimate of drug-likeness (QED) is 0.774. The van der Waals surface area contributed by atoms with E-state index in [1.54, 1.807) is 6.92 Å². The van der Waals surface area contributed by atoms with E-state index in [0.29, 0.717) is 5.71 Å². The monoisotopic (exact) mass is 398 g/mol. The van der Waals surface area contributed by atoms with Gasteiger partial charge in [-0.3, -0.25) is 4.79 Å². The van der Waals surface area contributed by atoms with Gasteiger partial charge in [0.05, 0.1) is 9.83 Å². The molecule has 2 aliphatic rings. The number of carbonyl (C=O) groups is 2. The van der Waals surface area contributed by atoms with Crippen LogP contribution in [0.2, 0.25) is 0 Å². The third-order valence-electron chi connectivity index (χ3n) is 4.33. The summed E-state index contributed by atoms with van der Waals surface area (Å²) in [5.41, 5.74) is 0.518. The lowest BCUT2D eigenvalue weighted by atomic mass is 9.92. The van der Waals surface area contributed by atoms with Crippen molar-refractivity contribution in [2.75, 3.05) is 0 Å². The number of urea groups is 1. The Morgan fingerprint density at radius 1 is 1.35 bits per heavy atom. The summed E-state index contributed by atoms with van der Waals surface area (Å²) in [5, 5.41) is 2.81. The van der Waals surface area contributed by atoms with Crippen molar-refractivity contribution in [2.45, 2.75) is 51.2 Å². The summed E-state index contributed by atoms with van der Waals surface area (Å²) in [7, 11) is 0. The highest BCUT2D eigenvalue weighted by molar-refractivity contribution is 9.11. The fraction of sp³-hybridized carbons (Fsp3) is 0.562. The summed E-state index contributed by atoms with van der Waals surface area (Å²) in [4.78, 5) is 29.3. The number of carbonyl (C=O) groups excluding carboxylic acids is 2. The third-order valence-corrected chi connectivity index (χ3v) is 6.04. The molecule has 5 nitrogen and oxygen atoms in total. The number of esters is 1. The normalized spacial score (nSPS) is 25.7. The minimum absolute atomic E-state index is 0.00241. The van der Waals surface area contributed by atoms with Gasteiger partial charge in [-0.15, -0.1) is 11.3 Å². The van der Waals surface area contributed by atoms with Gasteiger partial charge >= 0.3 is 12.0 Å². The Morgan fingerprint density at radius 2 is 2.09 bits per heavy atom. The van der Waals surface area contributed by atoms with Crippen LogP contribution in [0.3, 0.4) is 0 Å². The standard InChI is InChI=1S/C16H19BrN2O3S/c1-9-13(15(20)22-10-5-3-2-4-6-10)14(19-16(21)18-9)11-7-8-12(17)23-11/h7-8,10,13-14H,2-6H2,1H3,(H,19,21). The van der Waals surface area contributed by atoms with Crippen LogP contribution in [0.1, 0.15) is 49.9 Å². The molecule has 1 fully saturated rings. The van der Waals surface area contributed by atoms with Gasteiger partial charge in [-0.05, 0) is 60.7 Å². The summed E-state index contributed by atoms with van der Waals surface area (Å²) in [6.45, 7) is 1.72. The van der Waals surface area contributed by atoms with Gasteiger partial charge in [-0.25, -0.2) is 9.79 Å². The van der Waals surface area contributed by atoms with Gasteiger partial charge in [0.2, 0.25) is 0 Å². The van der Waals surface area contributed by atoms with E-state index in [9.17, 15) is 9.59 Å². The molecule has 2 amide bonds. The topological polar surface area (TPSA) is 67.8 Å². The van der Waals surface area contributed by atoms with Crippen LogP contribution in [0.25, 0.3) is 0 Å². The van der Waals surface area contributed by atoms with Crippen molar-refractivity contribution in [3.8, 4) is 0 Å². The van der Waals surface area contributed by atoms with Crippen molar-refractivity contribution in [1.29, 1.82) is 0 Å². The maximum atomic E-state index is 12.7. The number of aliphatic imine (C=N–C) groups is 1. The van der Waals surface area contributed by atoms with Crippen molar-refractivity contribution in [1.82, 2.24) is 5.32 Å². The largest absolute Gasteiger partial charge is 0.462 e. The molecule has 1 aromatic heterocycles. The molecule has 2 unspecified atom stereocenters. The number of halogens is 1. The molecule has 1 N–H and O–H groups in total.